The molecule has 0 saturated heterocycles. The predicted molar refractivity (Wildman–Crippen MR) is 53.9 cm³/mol. The lowest BCUT2D eigenvalue weighted by atomic mass is 10.0. The Labute approximate surface area is 85.1 Å². The molecule has 0 radical (unpaired) electrons. The Bertz CT molecular complexity index is 334. The molecule has 0 aliphatic rings. The molecule has 0 aliphatic heterocycles. The average Bonchev–Trinajstić information content (AvgIpc) is 2.03. The van der Waals surface area contributed by atoms with E-state index >= 15 is 0 Å². The van der Waals surface area contributed by atoms with Crippen molar-refractivity contribution in [2.24, 2.45) is 0 Å². The van der Waals surface area contributed by atoms with Crippen LogP contribution in [0.4, 0.5) is 4.39 Å². The van der Waals surface area contributed by atoms with Gasteiger partial charge >= 0.3 is 0 Å². The first kappa shape index (κ1) is 10.4. The van der Waals surface area contributed by atoms with Crippen LogP contribution in [-0.2, 0) is 0 Å². The van der Waals surface area contributed by atoms with Crippen LogP contribution in [0.2, 0.25) is 0 Å². The quantitative estimate of drug-likeness (QED) is 0.578. The summed E-state index contributed by atoms with van der Waals surface area (Å²) in [5.74, 6) is -0.325. The molecule has 0 aliphatic carbocycles. The van der Waals surface area contributed by atoms with E-state index in [1.807, 2.05) is 0 Å². The van der Waals surface area contributed by atoms with E-state index in [1.165, 1.54) is 18.2 Å². The van der Waals surface area contributed by atoms with Gasteiger partial charge in [-0.2, -0.15) is 0 Å². The van der Waals surface area contributed by atoms with Crippen LogP contribution < -0.4 is 0 Å². The molecule has 0 amide bonds. The minimum Gasteiger partial charge on any atom is -0.293 e. The lowest BCUT2D eigenvalue weighted by Gasteiger charge is -2.05. The summed E-state index contributed by atoms with van der Waals surface area (Å²) in [5, 5.41) is 0. The van der Waals surface area contributed by atoms with Crippen molar-refractivity contribution in [2.45, 2.75) is 18.7 Å². The van der Waals surface area contributed by atoms with Gasteiger partial charge < -0.3 is 0 Å². The zero-order valence-corrected chi connectivity index (χ0v) is 9.06. The Morgan fingerprint density at radius 1 is 1.54 bits per heavy atom. The van der Waals surface area contributed by atoms with Gasteiger partial charge in [0.05, 0.1) is 4.83 Å². The summed E-state index contributed by atoms with van der Waals surface area (Å²) >= 11 is 3.19. The zero-order chi connectivity index (χ0) is 10.0. The van der Waals surface area contributed by atoms with Gasteiger partial charge in [-0.15, -0.1) is 0 Å². The number of carbonyl (C=O) groups is 1. The number of ketones is 1. The normalized spacial score (nSPS) is 12.6. The van der Waals surface area contributed by atoms with Crippen molar-refractivity contribution in [2.75, 3.05) is 0 Å². The molecule has 1 nitrogen and oxygen atoms in total. The van der Waals surface area contributed by atoms with Crippen LogP contribution in [0, 0.1) is 12.7 Å². The lowest BCUT2D eigenvalue weighted by molar-refractivity contribution is 0.0995. The van der Waals surface area contributed by atoms with E-state index < -0.39 is 0 Å². The smallest absolute Gasteiger partial charge is 0.176 e. The molecular formula is C10H10BrFO. The maximum absolute atomic E-state index is 12.7. The summed E-state index contributed by atoms with van der Waals surface area (Å²) in [5.41, 5.74) is 1.25. The number of Topliss-reactive ketones (excluding diaryl/α,β-unsaturated/α-hetero) is 1. The molecular weight excluding hydrogens is 235 g/mol. The second-order valence-corrected chi connectivity index (χ2v) is 4.31. The molecule has 0 fully saturated rings. The van der Waals surface area contributed by atoms with E-state index in [-0.39, 0.29) is 16.4 Å². The van der Waals surface area contributed by atoms with Gasteiger partial charge in [-0.25, -0.2) is 4.39 Å². The first-order valence-corrected chi connectivity index (χ1v) is 4.88. The minimum absolute atomic E-state index is 0.0162. The van der Waals surface area contributed by atoms with Crippen LogP contribution in [0.3, 0.4) is 0 Å². The van der Waals surface area contributed by atoms with Crippen molar-refractivity contribution in [1.82, 2.24) is 0 Å². The highest BCUT2D eigenvalue weighted by atomic mass is 79.9. The van der Waals surface area contributed by atoms with Crippen molar-refractivity contribution in [1.29, 1.82) is 0 Å². The minimum atomic E-state index is -0.309. The highest BCUT2D eigenvalue weighted by Crippen LogP contribution is 2.15. The van der Waals surface area contributed by atoms with Crippen LogP contribution in [0.5, 0.6) is 0 Å². The molecule has 0 bridgehead atoms. The fraction of sp³-hybridized carbons (Fsp3) is 0.300. The second kappa shape index (κ2) is 4.01. The first-order chi connectivity index (χ1) is 6.02. The number of carbonyl (C=O) groups excluding carboxylic acids is 1. The van der Waals surface area contributed by atoms with Crippen LogP contribution in [0.1, 0.15) is 22.8 Å². The fourth-order valence-corrected chi connectivity index (χ4v) is 1.36. The number of alkyl halides is 1. The molecule has 1 atom stereocenters. The second-order valence-electron chi connectivity index (χ2n) is 2.94. The van der Waals surface area contributed by atoms with Crippen LogP contribution in [0.25, 0.3) is 0 Å². The number of aryl methyl sites for hydroxylation is 1. The molecule has 1 aromatic rings. The van der Waals surface area contributed by atoms with Crippen molar-refractivity contribution >= 4 is 21.7 Å². The standard InChI is InChI=1S/C10H10BrFO/c1-6-5-8(12)3-4-9(6)10(13)7(2)11/h3-5,7H,1-2H3. The third-order valence-electron chi connectivity index (χ3n) is 1.82. The molecule has 0 N–H and O–H groups in total. The molecule has 0 aromatic heterocycles. The van der Waals surface area contributed by atoms with Gasteiger partial charge in [-0.05, 0) is 37.6 Å². The van der Waals surface area contributed by atoms with Gasteiger partial charge in [0.2, 0.25) is 0 Å². The van der Waals surface area contributed by atoms with E-state index in [0.29, 0.717) is 11.1 Å². The number of hydrogen-bond acceptors (Lipinski definition) is 1. The maximum Gasteiger partial charge on any atom is 0.176 e. The molecule has 1 rings (SSSR count). The third kappa shape index (κ3) is 2.37. The Morgan fingerprint density at radius 2 is 2.15 bits per heavy atom. The lowest BCUT2D eigenvalue weighted by Crippen LogP contribution is -2.11. The van der Waals surface area contributed by atoms with Crippen molar-refractivity contribution in [3.63, 3.8) is 0 Å². The molecule has 0 saturated carbocycles. The average molecular weight is 245 g/mol. The first-order valence-electron chi connectivity index (χ1n) is 3.97. The molecule has 0 heterocycles. The molecule has 0 spiro atoms. The molecule has 70 valence electrons. The van der Waals surface area contributed by atoms with E-state index in [2.05, 4.69) is 15.9 Å². The Morgan fingerprint density at radius 3 is 2.62 bits per heavy atom. The van der Waals surface area contributed by atoms with E-state index in [0.717, 1.165) is 0 Å². The topological polar surface area (TPSA) is 17.1 Å². The number of hydrogen-bond donors (Lipinski definition) is 0. The van der Waals surface area contributed by atoms with Crippen LogP contribution in [0.15, 0.2) is 18.2 Å². The van der Waals surface area contributed by atoms with Gasteiger partial charge in [-0.3, -0.25) is 4.79 Å². The highest BCUT2D eigenvalue weighted by Gasteiger charge is 2.13. The van der Waals surface area contributed by atoms with E-state index in [1.54, 1.807) is 13.8 Å². The molecule has 1 aromatic carbocycles. The van der Waals surface area contributed by atoms with E-state index in [4.69, 9.17) is 0 Å². The molecule has 13 heavy (non-hydrogen) atoms. The SMILES string of the molecule is Cc1cc(F)ccc1C(=O)C(C)Br. The maximum atomic E-state index is 12.7. The van der Waals surface area contributed by atoms with Crippen molar-refractivity contribution in [3.05, 3.63) is 35.1 Å². The predicted octanol–water partition coefficient (Wildman–Crippen LogP) is 3.10. The summed E-state index contributed by atoms with van der Waals surface area (Å²) in [7, 11) is 0. The Hall–Kier alpha value is -0.700. The zero-order valence-electron chi connectivity index (χ0n) is 7.47. The number of benzene rings is 1. The van der Waals surface area contributed by atoms with Gasteiger partial charge in [0.15, 0.2) is 5.78 Å². The highest BCUT2D eigenvalue weighted by molar-refractivity contribution is 9.10. The van der Waals surface area contributed by atoms with Crippen LogP contribution in [-0.4, -0.2) is 10.6 Å². The van der Waals surface area contributed by atoms with E-state index in [9.17, 15) is 9.18 Å². The Kier molecular flexibility index (Phi) is 3.20. The summed E-state index contributed by atoms with van der Waals surface area (Å²) in [4.78, 5) is 11.3. The Balaban J connectivity index is 3.09. The monoisotopic (exact) mass is 244 g/mol. The van der Waals surface area contributed by atoms with Gasteiger partial charge in [0.25, 0.3) is 0 Å². The van der Waals surface area contributed by atoms with Crippen LogP contribution >= 0.6 is 15.9 Å². The molecule has 1 unspecified atom stereocenters. The summed E-state index contributed by atoms with van der Waals surface area (Å²) in [6.07, 6.45) is 0. The number of halogens is 2. The fourth-order valence-electron chi connectivity index (χ4n) is 1.12. The largest absolute Gasteiger partial charge is 0.293 e. The summed E-state index contributed by atoms with van der Waals surface area (Å²) in [6, 6.07) is 4.18. The number of rotatable bonds is 2. The third-order valence-corrected chi connectivity index (χ3v) is 2.23. The summed E-state index contributed by atoms with van der Waals surface area (Å²) < 4.78 is 12.7. The molecule has 3 heteroatoms. The summed E-state index contributed by atoms with van der Waals surface area (Å²) in [6.45, 7) is 3.48. The van der Waals surface area contributed by atoms with Gasteiger partial charge in [-0.1, -0.05) is 15.9 Å². The van der Waals surface area contributed by atoms with Gasteiger partial charge in [0.1, 0.15) is 5.82 Å². The van der Waals surface area contributed by atoms with Crippen molar-refractivity contribution < 1.29 is 9.18 Å². The van der Waals surface area contributed by atoms with Gasteiger partial charge in [0, 0.05) is 5.56 Å². The van der Waals surface area contributed by atoms with Crippen molar-refractivity contribution in [3.8, 4) is 0 Å².